The first-order valence-electron chi connectivity index (χ1n) is 11.4. The largest absolute Gasteiger partial charge is 0.490 e. The van der Waals surface area contributed by atoms with Crippen LogP contribution in [0, 0.1) is 6.92 Å². The number of nitrogens with one attached hydrogen (secondary N) is 1. The Bertz CT molecular complexity index is 997. The molecule has 0 unspecified atom stereocenters. The molecule has 0 bridgehead atoms. The maximum Gasteiger partial charge on any atom is 0.251 e. The van der Waals surface area contributed by atoms with Crippen LogP contribution < -0.4 is 10.1 Å². The van der Waals surface area contributed by atoms with Gasteiger partial charge in [0.1, 0.15) is 11.9 Å². The lowest BCUT2D eigenvalue weighted by Crippen LogP contribution is -2.39. The Kier molecular flexibility index (Phi) is 7.51. The molecule has 5 nitrogen and oxygen atoms in total. The quantitative estimate of drug-likeness (QED) is 0.576. The molecular formula is C27H31N3O2. The average molecular weight is 430 g/mol. The molecule has 1 aliphatic heterocycles. The standard InChI is InChI=1S/C27H31N3O2/c1-21-19-28-15-11-24(21)20-29-27(31)23-7-9-25(10-8-23)32-26-13-17-30(18-14-26)16-12-22-5-3-2-4-6-22/h2-11,15,19,26H,12-14,16-18,20H2,1H3,(H,29,31). The van der Waals surface area contributed by atoms with E-state index >= 15 is 0 Å². The second-order valence-electron chi connectivity index (χ2n) is 8.40. The van der Waals surface area contributed by atoms with Crippen LogP contribution in [0.25, 0.3) is 0 Å². The molecule has 1 aliphatic rings. The fraction of sp³-hybridized carbons (Fsp3) is 0.333. The zero-order valence-corrected chi connectivity index (χ0v) is 18.7. The monoisotopic (exact) mass is 429 g/mol. The highest BCUT2D eigenvalue weighted by molar-refractivity contribution is 5.94. The van der Waals surface area contributed by atoms with E-state index in [4.69, 9.17) is 4.74 Å². The van der Waals surface area contributed by atoms with E-state index in [9.17, 15) is 4.79 Å². The average Bonchev–Trinajstić information content (AvgIpc) is 2.84. The first-order valence-corrected chi connectivity index (χ1v) is 11.4. The Hall–Kier alpha value is -3.18. The molecule has 0 aliphatic carbocycles. The Balaban J connectivity index is 1.20. The molecule has 1 amide bonds. The van der Waals surface area contributed by atoms with Gasteiger partial charge in [-0.2, -0.15) is 0 Å². The van der Waals surface area contributed by atoms with Crippen LogP contribution in [0.5, 0.6) is 5.75 Å². The number of pyridine rings is 1. The third kappa shape index (κ3) is 6.17. The van der Waals surface area contributed by atoms with Gasteiger partial charge in [-0.25, -0.2) is 0 Å². The Morgan fingerprint density at radius 2 is 1.81 bits per heavy atom. The number of hydrogen-bond donors (Lipinski definition) is 1. The summed E-state index contributed by atoms with van der Waals surface area (Å²) in [6.07, 6.45) is 6.94. The third-order valence-corrected chi connectivity index (χ3v) is 6.09. The van der Waals surface area contributed by atoms with E-state index in [0.717, 1.165) is 55.8 Å². The minimum atomic E-state index is -0.0838. The predicted molar refractivity (Wildman–Crippen MR) is 127 cm³/mol. The number of likely N-dealkylation sites (tertiary alicyclic amines) is 1. The molecule has 2 heterocycles. The summed E-state index contributed by atoms with van der Waals surface area (Å²) in [5.41, 5.74) is 4.18. The van der Waals surface area contributed by atoms with Crippen LogP contribution in [-0.2, 0) is 13.0 Å². The van der Waals surface area contributed by atoms with Crippen LogP contribution in [0.1, 0.15) is 39.9 Å². The van der Waals surface area contributed by atoms with E-state index in [1.807, 2.05) is 37.3 Å². The lowest BCUT2D eigenvalue weighted by molar-refractivity contribution is 0.0950. The number of benzene rings is 2. The second kappa shape index (κ2) is 10.9. The molecule has 2 aromatic carbocycles. The van der Waals surface area contributed by atoms with Gasteiger partial charge in [0.15, 0.2) is 0 Å². The van der Waals surface area contributed by atoms with Gasteiger partial charge in [-0.1, -0.05) is 30.3 Å². The predicted octanol–water partition coefficient (Wildman–Crippen LogP) is 4.41. The molecule has 0 radical (unpaired) electrons. The fourth-order valence-electron chi connectivity index (χ4n) is 4.04. The molecule has 3 aromatic rings. The van der Waals surface area contributed by atoms with Gasteiger partial charge in [0.25, 0.3) is 5.91 Å². The highest BCUT2D eigenvalue weighted by Crippen LogP contribution is 2.20. The number of carbonyl (C=O) groups excluding carboxylic acids is 1. The van der Waals surface area contributed by atoms with Crippen LogP contribution in [0.15, 0.2) is 73.1 Å². The van der Waals surface area contributed by atoms with Crippen molar-refractivity contribution in [3.05, 3.63) is 95.3 Å². The number of aryl methyl sites for hydroxylation is 1. The van der Waals surface area contributed by atoms with Gasteiger partial charge >= 0.3 is 0 Å². The van der Waals surface area contributed by atoms with Crippen molar-refractivity contribution in [2.75, 3.05) is 19.6 Å². The summed E-state index contributed by atoms with van der Waals surface area (Å²) in [5.74, 6) is 0.744. The molecule has 1 fully saturated rings. The zero-order valence-electron chi connectivity index (χ0n) is 18.7. The van der Waals surface area contributed by atoms with E-state index in [2.05, 4.69) is 45.5 Å². The van der Waals surface area contributed by atoms with Gasteiger partial charge in [0.2, 0.25) is 0 Å². The van der Waals surface area contributed by atoms with Crippen molar-refractivity contribution in [2.45, 2.75) is 38.8 Å². The zero-order chi connectivity index (χ0) is 22.2. The number of nitrogens with zero attached hydrogens (tertiary/aromatic N) is 2. The van der Waals surface area contributed by atoms with E-state index in [-0.39, 0.29) is 12.0 Å². The van der Waals surface area contributed by atoms with Crippen molar-refractivity contribution in [1.29, 1.82) is 0 Å². The van der Waals surface area contributed by atoms with Crippen LogP contribution in [-0.4, -0.2) is 41.5 Å². The molecule has 0 atom stereocenters. The lowest BCUT2D eigenvalue weighted by atomic mass is 10.1. The molecular weight excluding hydrogens is 398 g/mol. The number of piperidine rings is 1. The molecule has 166 valence electrons. The van der Waals surface area contributed by atoms with Gasteiger partial charge in [0, 0.05) is 44.1 Å². The van der Waals surface area contributed by atoms with E-state index in [1.54, 1.807) is 12.4 Å². The number of ether oxygens (including phenoxy) is 1. The third-order valence-electron chi connectivity index (χ3n) is 6.09. The summed E-state index contributed by atoms with van der Waals surface area (Å²) in [4.78, 5) is 19.1. The van der Waals surface area contributed by atoms with Crippen LogP contribution in [0.4, 0.5) is 0 Å². The summed E-state index contributed by atoms with van der Waals surface area (Å²) in [6, 6.07) is 20.0. The van der Waals surface area contributed by atoms with Gasteiger partial charge in [-0.05, 0) is 73.2 Å². The van der Waals surface area contributed by atoms with Gasteiger partial charge < -0.3 is 15.0 Å². The first kappa shape index (κ1) is 22.0. The number of amides is 1. The SMILES string of the molecule is Cc1cnccc1CNC(=O)c1ccc(OC2CCN(CCc3ccccc3)CC2)cc1. The number of rotatable bonds is 8. The van der Waals surface area contributed by atoms with Gasteiger partial charge in [0.05, 0.1) is 0 Å². The summed E-state index contributed by atoms with van der Waals surface area (Å²) >= 11 is 0. The molecule has 32 heavy (non-hydrogen) atoms. The normalized spacial score (nSPS) is 14.8. The maximum absolute atomic E-state index is 12.5. The molecule has 0 spiro atoms. The van der Waals surface area contributed by atoms with Crippen molar-refractivity contribution >= 4 is 5.91 Å². The van der Waals surface area contributed by atoms with Gasteiger partial charge in [-0.15, -0.1) is 0 Å². The minimum Gasteiger partial charge on any atom is -0.490 e. The molecule has 1 aromatic heterocycles. The molecule has 1 N–H and O–H groups in total. The van der Waals surface area contributed by atoms with Crippen molar-refractivity contribution in [3.63, 3.8) is 0 Å². The summed E-state index contributed by atoms with van der Waals surface area (Å²) in [5, 5.41) is 2.97. The van der Waals surface area contributed by atoms with Crippen molar-refractivity contribution in [2.24, 2.45) is 0 Å². The fourth-order valence-corrected chi connectivity index (χ4v) is 4.04. The van der Waals surface area contributed by atoms with Crippen molar-refractivity contribution in [3.8, 4) is 5.75 Å². The number of carbonyl (C=O) groups is 1. The highest BCUT2D eigenvalue weighted by Gasteiger charge is 2.20. The Morgan fingerprint density at radius 3 is 2.53 bits per heavy atom. The summed E-state index contributed by atoms with van der Waals surface area (Å²) < 4.78 is 6.18. The first-order chi connectivity index (χ1) is 15.7. The Labute approximate surface area is 190 Å². The van der Waals surface area contributed by atoms with E-state index in [1.165, 1.54) is 5.56 Å². The summed E-state index contributed by atoms with van der Waals surface area (Å²) in [7, 11) is 0. The van der Waals surface area contributed by atoms with E-state index < -0.39 is 0 Å². The topological polar surface area (TPSA) is 54.5 Å². The smallest absolute Gasteiger partial charge is 0.251 e. The van der Waals surface area contributed by atoms with Crippen molar-refractivity contribution < 1.29 is 9.53 Å². The van der Waals surface area contributed by atoms with Crippen molar-refractivity contribution in [1.82, 2.24) is 15.2 Å². The Morgan fingerprint density at radius 1 is 1.06 bits per heavy atom. The molecule has 5 heteroatoms. The maximum atomic E-state index is 12.5. The van der Waals surface area contributed by atoms with Crippen LogP contribution >= 0.6 is 0 Å². The van der Waals surface area contributed by atoms with Gasteiger partial charge in [-0.3, -0.25) is 9.78 Å². The highest BCUT2D eigenvalue weighted by atomic mass is 16.5. The molecule has 0 saturated carbocycles. The lowest BCUT2D eigenvalue weighted by Gasteiger charge is -2.32. The number of aromatic nitrogens is 1. The summed E-state index contributed by atoms with van der Waals surface area (Å²) in [6.45, 7) is 5.71. The minimum absolute atomic E-state index is 0.0838. The molecule has 4 rings (SSSR count). The second-order valence-corrected chi connectivity index (χ2v) is 8.40. The molecule has 1 saturated heterocycles. The van der Waals surface area contributed by atoms with Crippen LogP contribution in [0.3, 0.4) is 0 Å². The van der Waals surface area contributed by atoms with E-state index in [0.29, 0.717) is 12.1 Å². The van der Waals surface area contributed by atoms with Crippen LogP contribution in [0.2, 0.25) is 0 Å². The number of hydrogen-bond acceptors (Lipinski definition) is 4.